The summed E-state index contributed by atoms with van der Waals surface area (Å²) in [5, 5.41) is 3.45. The fourth-order valence-corrected chi connectivity index (χ4v) is 2.27. The van der Waals surface area contributed by atoms with Crippen molar-refractivity contribution in [1.29, 1.82) is 0 Å². The molecule has 1 N–H and O–H groups in total. The third-order valence-electron chi connectivity index (χ3n) is 3.53. The molecule has 1 rings (SSSR count). The molecule has 1 fully saturated rings. The summed E-state index contributed by atoms with van der Waals surface area (Å²) in [6.45, 7) is 7.84. The van der Waals surface area contributed by atoms with Crippen molar-refractivity contribution < 1.29 is 0 Å². The minimum atomic E-state index is 0.842. The van der Waals surface area contributed by atoms with Crippen LogP contribution < -0.4 is 5.32 Å². The second-order valence-corrected chi connectivity index (χ2v) is 5.55. The summed E-state index contributed by atoms with van der Waals surface area (Å²) in [6, 6.07) is 0. The molecular weight excluding hydrogens is 220 g/mol. The molecule has 0 unspecified atom stereocenters. The van der Waals surface area contributed by atoms with Crippen LogP contribution in [-0.2, 0) is 0 Å². The van der Waals surface area contributed by atoms with Crippen LogP contribution in [0.1, 0.15) is 51.9 Å². The van der Waals surface area contributed by atoms with Gasteiger partial charge in [0.15, 0.2) is 0 Å². The lowest BCUT2D eigenvalue weighted by Crippen LogP contribution is -2.27. The van der Waals surface area contributed by atoms with E-state index in [0.717, 1.165) is 19.0 Å². The Morgan fingerprint density at radius 1 is 1.17 bits per heavy atom. The summed E-state index contributed by atoms with van der Waals surface area (Å²) in [4.78, 5) is 2.47. The van der Waals surface area contributed by atoms with E-state index in [-0.39, 0.29) is 0 Å². The molecule has 0 aliphatic heterocycles. The molecule has 0 aromatic rings. The van der Waals surface area contributed by atoms with Gasteiger partial charge in [0.1, 0.15) is 0 Å². The van der Waals surface area contributed by atoms with Crippen LogP contribution in [-0.4, -0.2) is 37.6 Å². The minimum Gasteiger partial charge on any atom is -0.317 e. The molecule has 18 heavy (non-hydrogen) atoms. The molecular formula is C16H30N2. The first-order valence-corrected chi connectivity index (χ1v) is 7.73. The lowest BCUT2D eigenvalue weighted by Gasteiger charge is -2.19. The summed E-state index contributed by atoms with van der Waals surface area (Å²) in [6.07, 6.45) is 14.8. The Morgan fingerprint density at radius 2 is 1.94 bits per heavy atom. The van der Waals surface area contributed by atoms with Crippen LogP contribution >= 0.6 is 0 Å². The first kappa shape index (κ1) is 15.5. The molecule has 2 nitrogen and oxygen atoms in total. The van der Waals surface area contributed by atoms with E-state index in [0.29, 0.717) is 0 Å². The Hall–Kier alpha value is -0.520. The zero-order valence-electron chi connectivity index (χ0n) is 12.1. The third kappa shape index (κ3) is 8.55. The maximum Gasteiger partial charge on any atom is 0.0599 e. The van der Waals surface area contributed by atoms with Gasteiger partial charge >= 0.3 is 0 Å². The maximum absolute atomic E-state index is 5.42. The van der Waals surface area contributed by atoms with Gasteiger partial charge in [-0.2, -0.15) is 0 Å². The molecule has 1 saturated carbocycles. The molecule has 0 aromatic heterocycles. The molecule has 0 aromatic carbocycles. The molecule has 1 aliphatic carbocycles. The summed E-state index contributed by atoms with van der Waals surface area (Å²) >= 11 is 0. The molecule has 1 aliphatic rings. The average Bonchev–Trinajstić information content (AvgIpc) is 3.16. The van der Waals surface area contributed by atoms with Crippen molar-refractivity contribution in [3.05, 3.63) is 0 Å². The second kappa shape index (κ2) is 10.4. The van der Waals surface area contributed by atoms with Gasteiger partial charge in [-0.3, -0.25) is 4.90 Å². The number of rotatable bonds is 12. The van der Waals surface area contributed by atoms with Gasteiger partial charge in [0.25, 0.3) is 0 Å². The van der Waals surface area contributed by atoms with Crippen molar-refractivity contribution >= 4 is 0 Å². The van der Waals surface area contributed by atoms with Crippen LogP contribution in [0.2, 0.25) is 0 Å². The third-order valence-corrected chi connectivity index (χ3v) is 3.53. The van der Waals surface area contributed by atoms with Crippen LogP contribution in [0.3, 0.4) is 0 Å². The van der Waals surface area contributed by atoms with E-state index in [1.54, 1.807) is 0 Å². The molecule has 0 atom stereocenters. The van der Waals surface area contributed by atoms with Crippen molar-refractivity contribution in [2.24, 2.45) is 5.92 Å². The Kier molecular flexibility index (Phi) is 8.98. The number of nitrogens with zero attached hydrogens (tertiary/aromatic N) is 1. The minimum absolute atomic E-state index is 0.842. The quantitative estimate of drug-likeness (QED) is 0.423. The normalized spacial score (nSPS) is 14.9. The van der Waals surface area contributed by atoms with Gasteiger partial charge in [-0.25, -0.2) is 0 Å². The fraction of sp³-hybridized carbons (Fsp3) is 0.875. The number of unbranched alkanes of at least 4 members (excludes halogenated alkanes) is 3. The van der Waals surface area contributed by atoms with Gasteiger partial charge in [-0.1, -0.05) is 25.7 Å². The van der Waals surface area contributed by atoms with E-state index in [4.69, 9.17) is 6.42 Å². The van der Waals surface area contributed by atoms with Crippen LogP contribution in [0, 0.1) is 18.3 Å². The number of hydrogen-bond donors (Lipinski definition) is 1. The van der Waals surface area contributed by atoms with Crippen molar-refractivity contribution in [3.8, 4) is 12.3 Å². The van der Waals surface area contributed by atoms with Crippen LogP contribution in [0.15, 0.2) is 0 Å². The van der Waals surface area contributed by atoms with Crippen molar-refractivity contribution in [1.82, 2.24) is 10.2 Å². The number of nitrogens with one attached hydrogen (secondary N) is 1. The van der Waals surface area contributed by atoms with E-state index in [1.165, 1.54) is 64.6 Å². The predicted molar refractivity (Wildman–Crippen MR) is 79.6 cm³/mol. The molecule has 0 radical (unpaired) electrons. The van der Waals surface area contributed by atoms with E-state index < -0.39 is 0 Å². The molecule has 0 spiro atoms. The number of hydrogen-bond acceptors (Lipinski definition) is 2. The lowest BCUT2D eigenvalue weighted by atomic mass is 10.2. The fourth-order valence-electron chi connectivity index (χ4n) is 2.27. The number of terminal acetylenes is 1. The molecule has 0 bridgehead atoms. The second-order valence-electron chi connectivity index (χ2n) is 5.55. The molecule has 0 amide bonds. The molecule has 104 valence electrons. The topological polar surface area (TPSA) is 15.3 Å². The average molecular weight is 250 g/mol. The highest BCUT2D eigenvalue weighted by atomic mass is 15.1. The lowest BCUT2D eigenvalue weighted by molar-refractivity contribution is 0.286. The van der Waals surface area contributed by atoms with Crippen molar-refractivity contribution in [2.45, 2.75) is 51.9 Å². The smallest absolute Gasteiger partial charge is 0.0599 e. The zero-order chi connectivity index (χ0) is 13.1. The molecule has 0 saturated heterocycles. The summed E-state index contributed by atoms with van der Waals surface area (Å²) in [5.74, 6) is 3.75. The highest BCUT2D eigenvalue weighted by Crippen LogP contribution is 2.29. The largest absolute Gasteiger partial charge is 0.317 e. The zero-order valence-corrected chi connectivity index (χ0v) is 12.1. The SMILES string of the molecule is C#CCN(CCCCCCNCCC)CC1CC1. The van der Waals surface area contributed by atoms with Gasteiger partial charge in [0.2, 0.25) is 0 Å². The predicted octanol–water partition coefficient (Wildman–Crippen LogP) is 2.89. The van der Waals surface area contributed by atoms with Gasteiger partial charge in [0.05, 0.1) is 6.54 Å². The summed E-state index contributed by atoms with van der Waals surface area (Å²) in [5.41, 5.74) is 0. The Morgan fingerprint density at radius 3 is 2.61 bits per heavy atom. The standard InChI is InChI=1S/C16H30N2/c1-3-11-17-12-7-5-6-8-14-18(13-4-2)15-16-9-10-16/h2,16-17H,3,5-15H2,1H3. The van der Waals surface area contributed by atoms with Gasteiger partial charge in [-0.05, 0) is 57.7 Å². The highest BCUT2D eigenvalue weighted by Gasteiger charge is 2.23. The monoisotopic (exact) mass is 250 g/mol. The molecule has 0 heterocycles. The first-order valence-electron chi connectivity index (χ1n) is 7.73. The van der Waals surface area contributed by atoms with Crippen molar-refractivity contribution in [3.63, 3.8) is 0 Å². The Bertz CT molecular complexity index is 228. The maximum atomic E-state index is 5.42. The van der Waals surface area contributed by atoms with Gasteiger partial charge in [0, 0.05) is 6.54 Å². The highest BCUT2D eigenvalue weighted by molar-refractivity contribution is 4.90. The van der Waals surface area contributed by atoms with Gasteiger partial charge in [-0.15, -0.1) is 6.42 Å². The van der Waals surface area contributed by atoms with Gasteiger partial charge < -0.3 is 5.32 Å². The summed E-state index contributed by atoms with van der Waals surface area (Å²) < 4.78 is 0. The van der Waals surface area contributed by atoms with Crippen LogP contribution in [0.4, 0.5) is 0 Å². The Balaban J connectivity index is 1.89. The van der Waals surface area contributed by atoms with Crippen LogP contribution in [0.5, 0.6) is 0 Å². The first-order chi connectivity index (χ1) is 8.86. The van der Waals surface area contributed by atoms with E-state index in [9.17, 15) is 0 Å². The van der Waals surface area contributed by atoms with Crippen molar-refractivity contribution in [2.75, 3.05) is 32.7 Å². The summed E-state index contributed by atoms with van der Waals surface area (Å²) in [7, 11) is 0. The van der Waals surface area contributed by atoms with E-state index in [1.807, 2.05) is 0 Å². The van der Waals surface area contributed by atoms with E-state index in [2.05, 4.69) is 23.1 Å². The van der Waals surface area contributed by atoms with E-state index >= 15 is 0 Å². The molecule has 2 heteroatoms. The Labute approximate surface area is 114 Å². The van der Waals surface area contributed by atoms with Crippen LogP contribution in [0.25, 0.3) is 0 Å².